The van der Waals surface area contributed by atoms with Crippen LogP contribution in [-0.2, 0) is 20.6 Å². The topological polar surface area (TPSA) is 27.7 Å². The van der Waals surface area contributed by atoms with Gasteiger partial charge in [-0.3, -0.25) is 0 Å². The molecular formula is C21H33F3O3. The second-order valence-electron chi connectivity index (χ2n) is 6.87. The van der Waals surface area contributed by atoms with E-state index in [1.807, 2.05) is 0 Å². The van der Waals surface area contributed by atoms with E-state index in [9.17, 15) is 13.2 Å². The normalized spacial score (nSPS) is 13.1. The summed E-state index contributed by atoms with van der Waals surface area (Å²) in [5.41, 5.74) is 0.138. The molecule has 0 aliphatic rings. The van der Waals surface area contributed by atoms with E-state index in [-0.39, 0.29) is 17.9 Å². The standard InChI is InChI=1S/C21H33F3O3/c1-5-6-7-8-9-10-11-17(21(25-2,26-3)27-4)13-12-16-14-19(23)20(24)15-18(16)22/h14-15,17H,5-13H2,1-4H3. The second-order valence-corrected chi connectivity index (χ2v) is 6.87. The lowest BCUT2D eigenvalue weighted by atomic mass is 9.91. The molecule has 0 saturated heterocycles. The van der Waals surface area contributed by atoms with E-state index in [0.29, 0.717) is 12.5 Å². The number of unbranched alkanes of at least 4 members (excludes halogenated alkanes) is 5. The average molecular weight is 390 g/mol. The Morgan fingerprint density at radius 1 is 0.778 bits per heavy atom. The van der Waals surface area contributed by atoms with Crippen LogP contribution >= 0.6 is 0 Å². The molecule has 27 heavy (non-hydrogen) atoms. The van der Waals surface area contributed by atoms with Crippen molar-refractivity contribution >= 4 is 0 Å². The van der Waals surface area contributed by atoms with Gasteiger partial charge < -0.3 is 14.2 Å². The smallest absolute Gasteiger partial charge is 0.285 e. The van der Waals surface area contributed by atoms with Crippen LogP contribution in [0.5, 0.6) is 0 Å². The van der Waals surface area contributed by atoms with Gasteiger partial charge in [-0.25, -0.2) is 13.2 Å². The molecule has 0 N–H and O–H groups in total. The summed E-state index contributed by atoms with van der Waals surface area (Å²) < 4.78 is 57.0. The van der Waals surface area contributed by atoms with Crippen LogP contribution in [0.1, 0.15) is 63.9 Å². The van der Waals surface area contributed by atoms with Gasteiger partial charge in [-0.05, 0) is 30.9 Å². The molecule has 1 rings (SSSR count). The first-order valence-electron chi connectivity index (χ1n) is 9.72. The van der Waals surface area contributed by atoms with Gasteiger partial charge in [0.2, 0.25) is 0 Å². The minimum absolute atomic E-state index is 0.138. The van der Waals surface area contributed by atoms with Crippen LogP contribution in [0, 0.1) is 23.4 Å². The molecule has 0 bridgehead atoms. The van der Waals surface area contributed by atoms with Gasteiger partial charge in [0.25, 0.3) is 5.97 Å². The lowest BCUT2D eigenvalue weighted by molar-refractivity contribution is -0.380. The quantitative estimate of drug-likeness (QED) is 0.222. The van der Waals surface area contributed by atoms with Crippen molar-refractivity contribution in [3.63, 3.8) is 0 Å². The summed E-state index contributed by atoms with van der Waals surface area (Å²) >= 11 is 0. The predicted molar refractivity (Wildman–Crippen MR) is 99.9 cm³/mol. The highest BCUT2D eigenvalue weighted by atomic mass is 19.2. The summed E-state index contributed by atoms with van der Waals surface area (Å²) in [6, 6.07) is 1.50. The summed E-state index contributed by atoms with van der Waals surface area (Å²) in [5.74, 6) is -4.38. The molecule has 0 amide bonds. The zero-order chi connectivity index (χ0) is 20.3. The first-order chi connectivity index (χ1) is 12.9. The number of methoxy groups -OCH3 is 3. The maximum absolute atomic E-state index is 13.9. The van der Waals surface area contributed by atoms with Crippen molar-refractivity contribution in [3.05, 3.63) is 35.1 Å². The first-order valence-corrected chi connectivity index (χ1v) is 9.72. The Morgan fingerprint density at radius 2 is 1.33 bits per heavy atom. The molecule has 0 aliphatic heterocycles. The van der Waals surface area contributed by atoms with Crippen LogP contribution in [0.25, 0.3) is 0 Å². The van der Waals surface area contributed by atoms with Crippen LogP contribution in [0.15, 0.2) is 12.1 Å². The van der Waals surface area contributed by atoms with Gasteiger partial charge >= 0.3 is 0 Å². The van der Waals surface area contributed by atoms with Crippen LogP contribution in [0.4, 0.5) is 13.2 Å². The maximum Gasteiger partial charge on any atom is 0.285 e. The average Bonchev–Trinajstić information content (AvgIpc) is 2.67. The molecule has 0 saturated carbocycles. The van der Waals surface area contributed by atoms with Crippen molar-refractivity contribution in [2.75, 3.05) is 21.3 Å². The predicted octanol–water partition coefficient (Wildman–Crippen LogP) is 6.00. The number of hydrogen-bond donors (Lipinski definition) is 0. The van der Waals surface area contributed by atoms with Crippen molar-refractivity contribution in [2.45, 2.75) is 70.7 Å². The monoisotopic (exact) mass is 390 g/mol. The number of aryl methyl sites for hydroxylation is 1. The van der Waals surface area contributed by atoms with Crippen LogP contribution in [0.2, 0.25) is 0 Å². The van der Waals surface area contributed by atoms with Gasteiger partial charge in [0.15, 0.2) is 11.6 Å². The van der Waals surface area contributed by atoms with Crippen LogP contribution in [0.3, 0.4) is 0 Å². The molecule has 1 atom stereocenters. The third-order valence-corrected chi connectivity index (χ3v) is 5.11. The summed E-state index contributed by atoms with van der Waals surface area (Å²) in [6.45, 7) is 2.18. The van der Waals surface area contributed by atoms with Gasteiger partial charge in [-0.1, -0.05) is 45.4 Å². The molecular weight excluding hydrogens is 357 g/mol. The van der Waals surface area contributed by atoms with Crippen molar-refractivity contribution in [3.8, 4) is 0 Å². The van der Waals surface area contributed by atoms with Crippen molar-refractivity contribution in [2.24, 2.45) is 5.92 Å². The van der Waals surface area contributed by atoms with E-state index in [0.717, 1.165) is 31.7 Å². The Bertz CT molecular complexity index is 539. The Labute approximate surface area is 161 Å². The van der Waals surface area contributed by atoms with Gasteiger partial charge in [0.1, 0.15) is 5.82 Å². The number of halogens is 3. The van der Waals surface area contributed by atoms with Crippen LogP contribution < -0.4 is 0 Å². The lowest BCUT2D eigenvalue weighted by Crippen LogP contribution is -2.44. The fourth-order valence-electron chi connectivity index (χ4n) is 3.50. The van der Waals surface area contributed by atoms with Crippen molar-refractivity contribution in [1.82, 2.24) is 0 Å². The van der Waals surface area contributed by atoms with Gasteiger partial charge in [0, 0.05) is 33.3 Å². The molecule has 6 heteroatoms. The highest BCUT2D eigenvalue weighted by molar-refractivity contribution is 5.20. The molecule has 1 aromatic carbocycles. The fraction of sp³-hybridized carbons (Fsp3) is 0.714. The molecule has 0 heterocycles. The Kier molecular flexibility index (Phi) is 11.0. The minimum atomic E-state index is -1.24. The Morgan fingerprint density at radius 3 is 1.93 bits per heavy atom. The number of benzene rings is 1. The van der Waals surface area contributed by atoms with Crippen molar-refractivity contribution < 1.29 is 27.4 Å². The molecule has 0 radical (unpaired) electrons. The Balaban J connectivity index is 2.77. The van der Waals surface area contributed by atoms with Gasteiger partial charge in [-0.2, -0.15) is 0 Å². The number of hydrogen-bond acceptors (Lipinski definition) is 3. The summed E-state index contributed by atoms with van der Waals surface area (Å²) in [5, 5.41) is 0. The molecule has 3 nitrogen and oxygen atoms in total. The van der Waals surface area contributed by atoms with E-state index in [2.05, 4.69) is 6.92 Å². The molecule has 0 spiro atoms. The van der Waals surface area contributed by atoms with Gasteiger partial charge in [-0.15, -0.1) is 0 Å². The van der Waals surface area contributed by atoms with E-state index in [1.165, 1.54) is 40.6 Å². The molecule has 0 fully saturated rings. The molecule has 1 unspecified atom stereocenters. The SMILES string of the molecule is CCCCCCCCC(CCc1cc(F)c(F)cc1F)C(OC)(OC)OC. The summed E-state index contributed by atoms with van der Waals surface area (Å²) in [4.78, 5) is 0. The Hall–Kier alpha value is -1.11. The van der Waals surface area contributed by atoms with Gasteiger partial charge in [0.05, 0.1) is 0 Å². The lowest BCUT2D eigenvalue weighted by Gasteiger charge is -2.36. The molecule has 1 aromatic rings. The maximum atomic E-state index is 13.9. The summed E-state index contributed by atoms with van der Waals surface area (Å²) in [7, 11) is 4.50. The van der Waals surface area contributed by atoms with E-state index >= 15 is 0 Å². The largest absolute Gasteiger partial charge is 0.331 e. The van der Waals surface area contributed by atoms with E-state index in [1.54, 1.807) is 0 Å². The number of ether oxygens (including phenoxy) is 3. The third-order valence-electron chi connectivity index (χ3n) is 5.11. The third kappa shape index (κ3) is 7.09. The summed E-state index contributed by atoms with van der Waals surface area (Å²) in [6.07, 6.45) is 8.33. The molecule has 0 aliphatic carbocycles. The van der Waals surface area contributed by atoms with Crippen LogP contribution in [-0.4, -0.2) is 27.3 Å². The fourth-order valence-corrected chi connectivity index (χ4v) is 3.50. The zero-order valence-corrected chi connectivity index (χ0v) is 17.0. The second kappa shape index (κ2) is 12.4. The molecule has 156 valence electrons. The van der Waals surface area contributed by atoms with Crippen molar-refractivity contribution in [1.29, 1.82) is 0 Å². The zero-order valence-electron chi connectivity index (χ0n) is 17.0. The van der Waals surface area contributed by atoms with E-state index in [4.69, 9.17) is 14.2 Å². The molecule has 0 aromatic heterocycles. The highest BCUT2D eigenvalue weighted by Gasteiger charge is 2.39. The minimum Gasteiger partial charge on any atom is -0.331 e. The number of rotatable bonds is 14. The van der Waals surface area contributed by atoms with E-state index < -0.39 is 23.4 Å². The highest BCUT2D eigenvalue weighted by Crippen LogP contribution is 2.33. The first kappa shape index (κ1) is 23.9.